The lowest BCUT2D eigenvalue weighted by Gasteiger charge is -2.06. The van der Waals surface area contributed by atoms with Crippen LogP contribution in [0.3, 0.4) is 0 Å². The number of pyridine rings is 1. The zero-order valence-electron chi connectivity index (χ0n) is 11.0. The van der Waals surface area contributed by atoms with E-state index < -0.39 is 0 Å². The minimum Gasteiger partial charge on any atom is -0.312 e. The molecule has 0 radical (unpaired) electrons. The number of aryl methyl sites for hydroxylation is 3. The van der Waals surface area contributed by atoms with Crippen molar-refractivity contribution in [1.29, 1.82) is 0 Å². The Kier molecular flexibility index (Phi) is 4.84. The van der Waals surface area contributed by atoms with Gasteiger partial charge in [-0.1, -0.05) is 11.6 Å². The van der Waals surface area contributed by atoms with Crippen molar-refractivity contribution in [2.45, 2.75) is 19.4 Å². The smallest absolute Gasteiger partial charge is 0.160 e. The van der Waals surface area contributed by atoms with Gasteiger partial charge in [0.2, 0.25) is 0 Å². The van der Waals surface area contributed by atoms with E-state index >= 15 is 0 Å². The highest BCUT2D eigenvalue weighted by molar-refractivity contribution is 9.10. The normalized spacial score (nSPS) is 11.4. The summed E-state index contributed by atoms with van der Waals surface area (Å²) in [6.45, 7) is 0.828. The van der Waals surface area contributed by atoms with Gasteiger partial charge in [0.15, 0.2) is 5.65 Å². The molecule has 0 aliphatic heterocycles. The summed E-state index contributed by atoms with van der Waals surface area (Å²) in [5, 5.41) is 0. The number of halogens is 3. The maximum atomic E-state index is 5.98. The van der Waals surface area contributed by atoms with E-state index in [9.17, 15) is 0 Å². The second-order valence-corrected chi connectivity index (χ2v) is 7.66. The summed E-state index contributed by atoms with van der Waals surface area (Å²) in [6.07, 6.45) is 3.45. The Labute approximate surface area is 145 Å². The number of hydrogen-bond acceptors (Lipinski definition) is 3. The summed E-state index contributed by atoms with van der Waals surface area (Å²) in [5.41, 5.74) is 1.80. The van der Waals surface area contributed by atoms with Crippen LogP contribution in [-0.2, 0) is 19.4 Å². The Balaban J connectivity index is 1.92. The number of nitrogens with zero attached hydrogens (tertiary/aromatic N) is 3. The second-order valence-electron chi connectivity index (χ2n) is 4.57. The first kappa shape index (κ1) is 15.3. The number of fused-ring (bicyclic) bond motifs is 1. The van der Waals surface area contributed by atoms with E-state index in [1.807, 2.05) is 12.1 Å². The van der Waals surface area contributed by atoms with Gasteiger partial charge < -0.3 is 4.57 Å². The molecule has 3 aromatic heterocycles. The number of thiophene rings is 1. The molecule has 3 rings (SSSR count). The van der Waals surface area contributed by atoms with Crippen molar-refractivity contribution in [2.75, 3.05) is 5.88 Å². The first-order valence-corrected chi connectivity index (χ1v) is 9.00. The first-order chi connectivity index (χ1) is 10.2. The van der Waals surface area contributed by atoms with Crippen molar-refractivity contribution in [3.63, 3.8) is 0 Å². The third kappa shape index (κ3) is 3.42. The van der Waals surface area contributed by atoms with Crippen molar-refractivity contribution in [3.05, 3.63) is 43.9 Å². The van der Waals surface area contributed by atoms with Crippen molar-refractivity contribution >= 4 is 61.6 Å². The lowest BCUT2D eigenvalue weighted by atomic mass is 10.3. The van der Waals surface area contributed by atoms with Gasteiger partial charge in [-0.15, -0.1) is 22.9 Å². The minimum atomic E-state index is 0.551. The molecule has 7 heteroatoms. The van der Waals surface area contributed by atoms with Crippen LogP contribution in [0.2, 0.25) is 4.34 Å². The summed E-state index contributed by atoms with van der Waals surface area (Å²) in [6, 6.07) is 5.98. The van der Waals surface area contributed by atoms with Gasteiger partial charge in [-0.3, -0.25) is 0 Å². The second kappa shape index (κ2) is 6.65. The zero-order valence-corrected chi connectivity index (χ0v) is 14.9. The largest absolute Gasteiger partial charge is 0.312 e. The maximum absolute atomic E-state index is 5.98. The van der Waals surface area contributed by atoms with Crippen molar-refractivity contribution in [1.82, 2.24) is 14.5 Å². The molecule has 0 bridgehead atoms. The van der Waals surface area contributed by atoms with Crippen molar-refractivity contribution in [3.8, 4) is 0 Å². The fourth-order valence-corrected chi connectivity index (χ4v) is 3.82. The molecule has 0 fully saturated rings. The summed E-state index contributed by atoms with van der Waals surface area (Å²) in [4.78, 5) is 10.4. The number of alkyl halides is 1. The molecule has 0 amide bonds. The third-order valence-electron chi connectivity index (χ3n) is 3.16. The Morgan fingerprint density at radius 1 is 1.29 bits per heavy atom. The SMILES string of the molecule is ClCCc1nc2cc(Br)cnc2n1CCc1ccc(Cl)s1. The lowest BCUT2D eigenvalue weighted by molar-refractivity contribution is 0.674. The highest BCUT2D eigenvalue weighted by Gasteiger charge is 2.12. The Morgan fingerprint density at radius 3 is 2.86 bits per heavy atom. The first-order valence-electron chi connectivity index (χ1n) is 6.48. The van der Waals surface area contributed by atoms with E-state index in [2.05, 4.69) is 36.5 Å². The standard InChI is InChI=1S/C14H12BrCl2N3S/c15-9-7-11-14(18-8-9)20(13(19-11)3-5-16)6-4-10-1-2-12(17)21-10/h1-2,7-8H,3-6H2. The highest BCUT2D eigenvalue weighted by Crippen LogP contribution is 2.24. The molecule has 3 nitrogen and oxygen atoms in total. The predicted molar refractivity (Wildman–Crippen MR) is 92.7 cm³/mol. The van der Waals surface area contributed by atoms with Crippen LogP contribution < -0.4 is 0 Å². The minimum absolute atomic E-state index is 0.551. The molecule has 0 aliphatic rings. The number of rotatable bonds is 5. The van der Waals surface area contributed by atoms with Crippen LogP contribution in [0.1, 0.15) is 10.7 Å². The van der Waals surface area contributed by atoms with Crippen LogP contribution in [0.25, 0.3) is 11.2 Å². The molecule has 0 atom stereocenters. The molecule has 110 valence electrons. The zero-order chi connectivity index (χ0) is 14.8. The number of imidazole rings is 1. The fourth-order valence-electron chi connectivity index (χ4n) is 2.25. The van der Waals surface area contributed by atoms with Crippen LogP contribution >= 0.6 is 50.5 Å². The van der Waals surface area contributed by atoms with Gasteiger partial charge in [-0.05, 0) is 40.5 Å². The Bertz CT molecular complexity index is 769. The van der Waals surface area contributed by atoms with Crippen molar-refractivity contribution < 1.29 is 0 Å². The molecule has 0 aliphatic carbocycles. The number of aromatic nitrogens is 3. The molecular formula is C14H12BrCl2N3S. The van der Waals surface area contributed by atoms with E-state index in [-0.39, 0.29) is 0 Å². The highest BCUT2D eigenvalue weighted by atomic mass is 79.9. The lowest BCUT2D eigenvalue weighted by Crippen LogP contribution is -2.07. The topological polar surface area (TPSA) is 30.7 Å². The fraction of sp³-hybridized carbons (Fsp3) is 0.286. The molecule has 0 saturated heterocycles. The van der Waals surface area contributed by atoms with Gasteiger partial charge >= 0.3 is 0 Å². The number of hydrogen-bond donors (Lipinski definition) is 0. The predicted octanol–water partition coefficient (Wildman–Crippen LogP) is 4.93. The quantitative estimate of drug-likeness (QED) is 0.564. The van der Waals surface area contributed by atoms with Crippen LogP contribution in [-0.4, -0.2) is 20.4 Å². The molecule has 3 heterocycles. The maximum Gasteiger partial charge on any atom is 0.160 e. The molecule has 21 heavy (non-hydrogen) atoms. The van der Waals surface area contributed by atoms with Crippen molar-refractivity contribution in [2.24, 2.45) is 0 Å². The average molecular weight is 405 g/mol. The summed E-state index contributed by atoms with van der Waals surface area (Å²) in [5.74, 6) is 1.53. The van der Waals surface area contributed by atoms with E-state index in [1.165, 1.54) is 4.88 Å². The van der Waals surface area contributed by atoms with Gasteiger partial charge in [0.05, 0.1) is 4.34 Å². The molecule has 0 unspecified atom stereocenters. The van der Waals surface area contributed by atoms with Gasteiger partial charge in [0.25, 0.3) is 0 Å². The van der Waals surface area contributed by atoms with Gasteiger partial charge in [0.1, 0.15) is 11.3 Å². The molecule has 3 aromatic rings. The van der Waals surface area contributed by atoms with E-state index in [4.69, 9.17) is 23.2 Å². The summed E-state index contributed by atoms with van der Waals surface area (Å²) in [7, 11) is 0. The molecule has 0 aromatic carbocycles. The molecular weight excluding hydrogens is 393 g/mol. The van der Waals surface area contributed by atoms with Crippen LogP contribution in [0.5, 0.6) is 0 Å². The van der Waals surface area contributed by atoms with Gasteiger partial charge in [0, 0.05) is 34.4 Å². The van der Waals surface area contributed by atoms with Crippen LogP contribution in [0.15, 0.2) is 28.9 Å². The monoisotopic (exact) mass is 403 g/mol. The molecule has 0 N–H and O–H groups in total. The summed E-state index contributed by atoms with van der Waals surface area (Å²) < 4.78 is 3.91. The van der Waals surface area contributed by atoms with Gasteiger partial charge in [-0.25, -0.2) is 9.97 Å². The molecule has 0 spiro atoms. The van der Waals surface area contributed by atoms with E-state index in [0.29, 0.717) is 5.88 Å². The van der Waals surface area contributed by atoms with Crippen LogP contribution in [0.4, 0.5) is 0 Å². The Hall–Kier alpha value is -0.620. The van der Waals surface area contributed by atoms with E-state index in [0.717, 1.165) is 45.2 Å². The molecule has 0 saturated carbocycles. The summed E-state index contributed by atoms with van der Waals surface area (Å²) >= 11 is 16.9. The average Bonchev–Trinajstić information content (AvgIpc) is 3.00. The van der Waals surface area contributed by atoms with Gasteiger partial charge in [-0.2, -0.15) is 0 Å². The third-order valence-corrected chi connectivity index (χ3v) is 5.07. The van der Waals surface area contributed by atoms with E-state index in [1.54, 1.807) is 17.5 Å². The van der Waals surface area contributed by atoms with Crippen LogP contribution in [0, 0.1) is 0 Å². The Morgan fingerprint density at radius 2 is 2.14 bits per heavy atom.